The molecule has 1 nitrogen and oxygen atoms in total. The quantitative estimate of drug-likeness (QED) is 0.179. The SMILES string of the molecule is CCC[CH2][Sn]([C]#COCCCc1ccccc1)([CH2]CCC)[CH2]CCC. The van der Waals surface area contributed by atoms with Crippen LogP contribution in [0.2, 0.25) is 13.3 Å². The summed E-state index contributed by atoms with van der Waals surface area (Å²) in [6, 6.07) is 10.7. The number of hydrogen-bond donors (Lipinski definition) is 0. The van der Waals surface area contributed by atoms with Gasteiger partial charge in [-0.15, -0.1) is 0 Å². The van der Waals surface area contributed by atoms with E-state index < -0.39 is 18.4 Å². The van der Waals surface area contributed by atoms with Crippen LogP contribution in [0.15, 0.2) is 30.3 Å². The Morgan fingerprint density at radius 3 is 1.88 bits per heavy atom. The van der Waals surface area contributed by atoms with Gasteiger partial charge in [0.15, 0.2) is 0 Å². The van der Waals surface area contributed by atoms with Gasteiger partial charge >= 0.3 is 161 Å². The van der Waals surface area contributed by atoms with E-state index in [1.807, 2.05) is 0 Å². The minimum atomic E-state index is -2.31. The van der Waals surface area contributed by atoms with Gasteiger partial charge in [-0.3, -0.25) is 0 Å². The molecule has 0 aromatic heterocycles. The maximum absolute atomic E-state index is 5.74. The Morgan fingerprint density at radius 2 is 1.36 bits per heavy atom. The molecule has 0 fully saturated rings. The van der Waals surface area contributed by atoms with Crippen LogP contribution in [-0.2, 0) is 11.2 Å². The third-order valence-corrected chi connectivity index (χ3v) is 18.0. The van der Waals surface area contributed by atoms with E-state index in [0.29, 0.717) is 0 Å². The standard InChI is InChI=1S/C11H11O.3C4H9.Sn/c1-2-12-10-6-9-11-7-4-3-5-8-11;3*1-3-4-2;/h3-5,7-8H,6,9-10H2;3*1,3-4H2,2H3;. The molecule has 0 atom stereocenters. The molecule has 0 unspecified atom stereocenters. The van der Waals surface area contributed by atoms with Gasteiger partial charge in [-0.2, -0.15) is 0 Å². The molecule has 0 saturated heterocycles. The summed E-state index contributed by atoms with van der Waals surface area (Å²) in [5.74, 6) is 0. The van der Waals surface area contributed by atoms with Crippen molar-refractivity contribution in [2.75, 3.05) is 6.61 Å². The summed E-state index contributed by atoms with van der Waals surface area (Å²) in [6.07, 6.45) is 13.3. The third kappa shape index (κ3) is 10.2. The predicted octanol–water partition coefficient (Wildman–Crippen LogP) is 6.99. The number of benzene rings is 1. The molecule has 2 heteroatoms. The minimum absolute atomic E-state index is 0.763. The second-order valence-electron chi connectivity index (χ2n) is 7.26. The van der Waals surface area contributed by atoms with Crippen LogP contribution >= 0.6 is 0 Å². The van der Waals surface area contributed by atoms with Crippen molar-refractivity contribution in [3.8, 4) is 10.0 Å². The molecular weight excluding hydrogens is 411 g/mol. The van der Waals surface area contributed by atoms with Gasteiger partial charge < -0.3 is 0 Å². The van der Waals surface area contributed by atoms with Gasteiger partial charge in [-0.05, 0) is 0 Å². The van der Waals surface area contributed by atoms with Crippen LogP contribution in [0.25, 0.3) is 0 Å². The summed E-state index contributed by atoms with van der Waals surface area (Å²) >= 11 is -2.31. The first-order valence-corrected chi connectivity index (χ1v) is 17.9. The zero-order valence-electron chi connectivity index (χ0n) is 16.8. The van der Waals surface area contributed by atoms with Crippen molar-refractivity contribution >= 4 is 18.4 Å². The molecule has 0 aliphatic rings. The average Bonchev–Trinajstić information content (AvgIpc) is 2.66. The van der Waals surface area contributed by atoms with E-state index in [2.05, 4.69) is 61.1 Å². The molecule has 1 aromatic rings. The normalized spacial score (nSPS) is 11.0. The average molecular weight is 449 g/mol. The summed E-state index contributed by atoms with van der Waals surface area (Å²) in [5.41, 5.74) is 1.39. The molecule has 0 N–H and O–H groups in total. The van der Waals surface area contributed by atoms with Crippen molar-refractivity contribution < 1.29 is 4.74 Å². The molecule has 0 radical (unpaired) electrons. The van der Waals surface area contributed by atoms with Gasteiger partial charge in [0.2, 0.25) is 0 Å². The molecular formula is C23H38OSn. The molecule has 0 aliphatic carbocycles. The Morgan fingerprint density at radius 1 is 0.800 bits per heavy atom. The zero-order valence-corrected chi connectivity index (χ0v) is 19.6. The Bertz CT molecular complexity index is 464. The fourth-order valence-electron chi connectivity index (χ4n) is 3.30. The summed E-state index contributed by atoms with van der Waals surface area (Å²) in [6.45, 7) is 7.69. The molecule has 140 valence electrons. The van der Waals surface area contributed by atoms with Crippen LogP contribution in [0.1, 0.15) is 71.3 Å². The van der Waals surface area contributed by atoms with Gasteiger partial charge in [-0.1, -0.05) is 0 Å². The number of hydrogen-bond acceptors (Lipinski definition) is 1. The van der Waals surface area contributed by atoms with E-state index in [-0.39, 0.29) is 0 Å². The van der Waals surface area contributed by atoms with Gasteiger partial charge in [0.1, 0.15) is 0 Å². The molecule has 0 spiro atoms. The van der Waals surface area contributed by atoms with Crippen LogP contribution < -0.4 is 0 Å². The van der Waals surface area contributed by atoms with Crippen LogP contribution in [0.4, 0.5) is 0 Å². The van der Waals surface area contributed by atoms with Crippen molar-refractivity contribution in [3.05, 3.63) is 35.9 Å². The Hall–Kier alpha value is -0.621. The van der Waals surface area contributed by atoms with Crippen molar-refractivity contribution in [1.29, 1.82) is 0 Å². The number of rotatable bonds is 13. The van der Waals surface area contributed by atoms with E-state index in [1.54, 1.807) is 0 Å². The van der Waals surface area contributed by atoms with Gasteiger partial charge in [0, 0.05) is 0 Å². The summed E-state index contributed by atoms with van der Waals surface area (Å²) in [4.78, 5) is 0. The first-order valence-electron chi connectivity index (χ1n) is 10.4. The van der Waals surface area contributed by atoms with Crippen LogP contribution in [-0.4, -0.2) is 25.0 Å². The first kappa shape index (κ1) is 22.4. The molecule has 0 aliphatic heterocycles. The van der Waals surface area contributed by atoms with Crippen LogP contribution in [0.5, 0.6) is 0 Å². The van der Waals surface area contributed by atoms with E-state index in [1.165, 1.54) is 57.4 Å². The van der Waals surface area contributed by atoms with Crippen molar-refractivity contribution in [3.63, 3.8) is 0 Å². The Kier molecular flexibility index (Phi) is 13.0. The fourth-order valence-corrected chi connectivity index (χ4v) is 16.2. The summed E-state index contributed by atoms with van der Waals surface area (Å²) in [5, 5.41) is 0. The predicted molar refractivity (Wildman–Crippen MR) is 113 cm³/mol. The number of aryl methyl sites for hydroxylation is 1. The van der Waals surface area contributed by atoms with Gasteiger partial charge in [0.05, 0.1) is 0 Å². The second-order valence-corrected chi connectivity index (χ2v) is 19.6. The van der Waals surface area contributed by atoms with E-state index in [0.717, 1.165) is 19.4 Å². The van der Waals surface area contributed by atoms with Crippen molar-refractivity contribution in [1.82, 2.24) is 0 Å². The Balaban J connectivity index is 2.51. The summed E-state index contributed by atoms with van der Waals surface area (Å²) < 4.78 is 13.8. The Labute approximate surface area is 160 Å². The molecule has 1 rings (SSSR count). The molecule has 0 heterocycles. The molecule has 0 amide bonds. The van der Waals surface area contributed by atoms with E-state index in [9.17, 15) is 0 Å². The number of unbranched alkanes of at least 4 members (excludes halogenated alkanes) is 3. The molecule has 1 aromatic carbocycles. The van der Waals surface area contributed by atoms with Gasteiger partial charge in [-0.25, -0.2) is 0 Å². The van der Waals surface area contributed by atoms with E-state index >= 15 is 0 Å². The molecule has 25 heavy (non-hydrogen) atoms. The van der Waals surface area contributed by atoms with E-state index in [4.69, 9.17) is 4.74 Å². The van der Waals surface area contributed by atoms with Gasteiger partial charge in [0.25, 0.3) is 0 Å². The van der Waals surface area contributed by atoms with Crippen molar-refractivity contribution in [2.45, 2.75) is 85.4 Å². The second kappa shape index (κ2) is 14.5. The molecule has 0 bridgehead atoms. The maximum atomic E-state index is 5.74. The van der Waals surface area contributed by atoms with Crippen molar-refractivity contribution in [2.24, 2.45) is 0 Å². The topological polar surface area (TPSA) is 9.23 Å². The van der Waals surface area contributed by atoms with Crippen LogP contribution in [0.3, 0.4) is 0 Å². The fraction of sp³-hybridized carbons (Fsp3) is 0.652. The first-order chi connectivity index (χ1) is 12.3. The van der Waals surface area contributed by atoms with Crippen LogP contribution in [0, 0.1) is 10.0 Å². The zero-order chi connectivity index (χ0) is 18.2. The third-order valence-electron chi connectivity index (χ3n) is 4.97. The monoisotopic (exact) mass is 450 g/mol. The molecule has 0 saturated carbocycles. The number of ether oxygens (including phenoxy) is 1. The summed E-state index contributed by atoms with van der Waals surface area (Å²) in [7, 11) is 0.